The quantitative estimate of drug-likeness (QED) is 0.587. The standard InChI is InChI=1S/C26H32ClN3O5/c1-16(2)21(29-22(31)17-10-12-28-20(14-17)24(33)35-5)23(32)30-13-11-26(34,25(3,4)15-30)18-6-8-19(27)9-7-18/h6-10,12,14,16,21,34H,11,13,15H2,1-5H3,(H,29,31)/t21-,26+/m1/s1. The Balaban J connectivity index is 1.77. The highest BCUT2D eigenvalue weighted by Gasteiger charge is 2.50. The van der Waals surface area contributed by atoms with Gasteiger partial charge in [-0.15, -0.1) is 0 Å². The van der Waals surface area contributed by atoms with Crippen LogP contribution in [0.3, 0.4) is 0 Å². The molecule has 0 radical (unpaired) electrons. The summed E-state index contributed by atoms with van der Waals surface area (Å²) in [5.41, 5.74) is -0.818. The molecule has 1 saturated heterocycles. The summed E-state index contributed by atoms with van der Waals surface area (Å²) in [7, 11) is 1.23. The molecule has 1 aromatic carbocycles. The molecule has 2 aromatic rings. The van der Waals surface area contributed by atoms with Gasteiger partial charge in [-0.1, -0.05) is 51.4 Å². The highest BCUT2D eigenvalue weighted by atomic mass is 35.5. The lowest BCUT2D eigenvalue weighted by Gasteiger charge is -2.51. The molecule has 2 atom stereocenters. The van der Waals surface area contributed by atoms with Crippen LogP contribution in [-0.4, -0.2) is 59.0 Å². The highest BCUT2D eigenvalue weighted by Crippen LogP contribution is 2.46. The molecule has 9 heteroatoms. The topological polar surface area (TPSA) is 109 Å². The SMILES string of the molecule is COC(=O)c1cc(C(=O)N[C@@H](C(=O)N2CC[C@](O)(c3ccc(Cl)cc3)C(C)(C)C2)C(C)C)ccn1. The minimum Gasteiger partial charge on any atom is -0.464 e. The van der Waals surface area contributed by atoms with Gasteiger partial charge >= 0.3 is 5.97 Å². The molecule has 0 bridgehead atoms. The van der Waals surface area contributed by atoms with E-state index in [0.717, 1.165) is 5.56 Å². The summed E-state index contributed by atoms with van der Waals surface area (Å²) in [6, 6.07) is 9.15. The average Bonchev–Trinajstić information content (AvgIpc) is 2.83. The van der Waals surface area contributed by atoms with Gasteiger partial charge in [0, 0.05) is 35.3 Å². The summed E-state index contributed by atoms with van der Waals surface area (Å²) in [6.45, 7) is 8.21. The molecule has 0 aliphatic carbocycles. The molecule has 2 heterocycles. The summed E-state index contributed by atoms with van der Waals surface area (Å²) in [5, 5.41) is 15.0. The van der Waals surface area contributed by atoms with Gasteiger partial charge in [0.15, 0.2) is 0 Å². The number of hydrogen-bond donors (Lipinski definition) is 2. The zero-order valence-corrected chi connectivity index (χ0v) is 21.4. The van der Waals surface area contributed by atoms with E-state index in [4.69, 9.17) is 11.6 Å². The zero-order chi connectivity index (χ0) is 26.0. The summed E-state index contributed by atoms with van der Waals surface area (Å²) in [5.74, 6) is -1.55. The van der Waals surface area contributed by atoms with Crippen LogP contribution in [0.5, 0.6) is 0 Å². The third-order valence-corrected chi connectivity index (χ3v) is 6.97. The Labute approximate surface area is 210 Å². The maximum absolute atomic E-state index is 13.5. The molecule has 188 valence electrons. The van der Waals surface area contributed by atoms with Crippen LogP contribution in [0, 0.1) is 11.3 Å². The van der Waals surface area contributed by atoms with Crippen molar-refractivity contribution < 1.29 is 24.2 Å². The van der Waals surface area contributed by atoms with Crippen molar-refractivity contribution in [1.29, 1.82) is 0 Å². The minimum atomic E-state index is -1.13. The van der Waals surface area contributed by atoms with Crippen LogP contribution >= 0.6 is 11.6 Å². The van der Waals surface area contributed by atoms with Gasteiger partial charge in [-0.2, -0.15) is 0 Å². The molecule has 1 fully saturated rings. The van der Waals surface area contributed by atoms with E-state index >= 15 is 0 Å². The summed E-state index contributed by atoms with van der Waals surface area (Å²) in [4.78, 5) is 43.8. The number of halogens is 1. The fourth-order valence-electron chi connectivity index (χ4n) is 4.49. The third-order valence-electron chi connectivity index (χ3n) is 6.72. The van der Waals surface area contributed by atoms with Crippen molar-refractivity contribution in [2.24, 2.45) is 11.3 Å². The number of nitrogens with one attached hydrogen (secondary N) is 1. The number of piperidine rings is 1. The second kappa shape index (κ2) is 10.3. The van der Waals surface area contributed by atoms with Gasteiger partial charge in [-0.3, -0.25) is 9.59 Å². The second-order valence-electron chi connectivity index (χ2n) is 9.88. The van der Waals surface area contributed by atoms with E-state index in [9.17, 15) is 19.5 Å². The Morgan fingerprint density at radius 1 is 1.17 bits per heavy atom. The first-order valence-corrected chi connectivity index (χ1v) is 11.9. The first-order valence-electron chi connectivity index (χ1n) is 11.5. The van der Waals surface area contributed by atoms with Crippen molar-refractivity contribution in [3.05, 3.63) is 64.4 Å². The van der Waals surface area contributed by atoms with E-state index in [0.29, 0.717) is 24.5 Å². The van der Waals surface area contributed by atoms with Crippen molar-refractivity contribution >= 4 is 29.4 Å². The number of ether oxygens (including phenoxy) is 1. The third kappa shape index (κ3) is 5.49. The number of hydrogen-bond acceptors (Lipinski definition) is 6. The first-order chi connectivity index (χ1) is 16.4. The Hall–Kier alpha value is -2.97. The average molecular weight is 502 g/mol. The van der Waals surface area contributed by atoms with E-state index in [2.05, 4.69) is 15.0 Å². The van der Waals surface area contributed by atoms with Crippen LogP contribution in [0.2, 0.25) is 5.02 Å². The molecule has 0 spiro atoms. The van der Waals surface area contributed by atoms with E-state index < -0.39 is 28.9 Å². The number of aliphatic hydroxyl groups is 1. The van der Waals surface area contributed by atoms with Gasteiger partial charge in [0.1, 0.15) is 11.7 Å². The number of likely N-dealkylation sites (tertiary alicyclic amines) is 1. The molecule has 1 aliphatic heterocycles. The normalized spacial score (nSPS) is 20.3. The number of rotatable bonds is 6. The molecule has 3 rings (SSSR count). The predicted octanol–water partition coefficient (Wildman–Crippen LogP) is 3.42. The molecular weight excluding hydrogens is 470 g/mol. The number of pyridine rings is 1. The summed E-state index contributed by atoms with van der Waals surface area (Å²) in [6.07, 6.45) is 1.69. The van der Waals surface area contributed by atoms with Crippen LogP contribution in [-0.2, 0) is 15.1 Å². The van der Waals surface area contributed by atoms with Crippen LogP contribution in [0.1, 0.15) is 60.5 Å². The molecule has 2 N–H and O–H groups in total. The number of carbonyl (C=O) groups is 3. The number of carbonyl (C=O) groups excluding carboxylic acids is 3. The molecule has 0 unspecified atom stereocenters. The Morgan fingerprint density at radius 3 is 2.40 bits per heavy atom. The zero-order valence-electron chi connectivity index (χ0n) is 20.7. The van der Waals surface area contributed by atoms with Crippen LogP contribution in [0.25, 0.3) is 0 Å². The van der Waals surface area contributed by atoms with Gasteiger partial charge < -0.3 is 20.1 Å². The largest absolute Gasteiger partial charge is 0.464 e. The monoisotopic (exact) mass is 501 g/mol. The first kappa shape index (κ1) is 26.6. The Kier molecular flexibility index (Phi) is 7.87. The Bertz CT molecular complexity index is 1100. The predicted molar refractivity (Wildman–Crippen MR) is 132 cm³/mol. The lowest BCUT2D eigenvalue weighted by atomic mass is 9.66. The van der Waals surface area contributed by atoms with Crippen molar-refractivity contribution in [1.82, 2.24) is 15.2 Å². The van der Waals surface area contributed by atoms with Gasteiger partial charge in [0.25, 0.3) is 5.91 Å². The number of amides is 2. The molecular formula is C26H32ClN3O5. The smallest absolute Gasteiger partial charge is 0.356 e. The van der Waals surface area contributed by atoms with Crippen molar-refractivity contribution in [3.63, 3.8) is 0 Å². The highest BCUT2D eigenvalue weighted by molar-refractivity contribution is 6.30. The van der Waals surface area contributed by atoms with Crippen LogP contribution < -0.4 is 5.32 Å². The van der Waals surface area contributed by atoms with Gasteiger partial charge in [-0.25, -0.2) is 9.78 Å². The van der Waals surface area contributed by atoms with Gasteiger partial charge in [-0.05, 0) is 42.2 Å². The molecule has 35 heavy (non-hydrogen) atoms. The van der Waals surface area contributed by atoms with E-state index in [1.807, 2.05) is 39.8 Å². The van der Waals surface area contributed by atoms with E-state index in [1.165, 1.54) is 25.4 Å². The van der Waals surface area contributed by atoms with Crippen LogP contribution in [0.4, 0.5) is 0 Å². The second-order valence-corrected chi connectivity index (χ2v) is 10.3. The maximum atomic E-state index is 13.5. The van der Waals surface area contributed by atoms with Gasteiger partial charge in [0.2, 0.25) is 5.91 Å². The van der Waals surface area contributed by atoms with Crippen molar-refractivity contribution in [2.45, 2.75) is 45.8 Å². The van der Waals surface area contributed by atoms with Crippen LogP contribution in [0.15, 0.2) is 42.6 Å². The minimum absolute atomic E-state index is 0.00633. The fraction of sp³-hybridized carbons (Fsp3) is 0.462. The number of esters is 1. The molecule has 1 aliphatic rings. The van der Waals surface area contributed by atoms with E-state index in [1.54, 1.807) is 17.0 Å². The maximum Gasteiger partial charge on any atom is 0.356 e. The van der Waals surface area contributed by atoms with Crippen molar-refractivity contribution in [3.8, 4) is 0 Å². The number of aromatic nitrogens is 1. The Morgan fingerprint density at radius 2 is 1.83 bits per heavy atom. The molecule has 2 amide bonds. The number of methoxy groups -OCH3 is 1. The molecule has 1 aromatic heterocycles. The number of benzene rings is 1. The molecule has 8 nitrogen and oxygen atoms in total. The summed E-state index contributed by atoms with van der Waals surface area (Å²) < 4.78 is 4.66. The molecule has 0 saturated carbocycles. The fourth-order valence-corrected chi connectivity index (χ4v) is 4.62. The lowest BCUT2D eigenvalue weighted by molar-refractivity contribution is -0.155. The van der Waals surface area contributed by atoms with Crippen molar-refractivity contribution in [2.75, 3.05) is 20.2 Å². The summed E-state index contributed by atoms with van der Waals surface area (Å²) >= 11 is 6.02. The lowest BCUT2D eigenvalue weighted by Crippen LogP contribution is -2.60. The van der Waals surface area contributed by atoms with E-state index in [-0.39, 0.29) is 23.1 Å². The number of nitrogens with zero attached hydrogens (tertiary/aromatic N) is 2. The van der Waals surface area contributed by atoms with Gasteiger partial charge in [0.05, 0.1) is 12.7 Å².